The lowest BCUT2D eigenvalue weighted by molar-refractivity contribution is -0.114. The van der Waals surface area contributed by atoms with Crippen LogP contribution in [-0.2, 0) is 4.79 Å². The van der Waals surface area contributed by atoms with Crippen LogP contribution < -0.4 is 0 Å². The Labute approximate surface area is 58.3 Å². The second-order valence-electron chi connectivity index (χ2n) is 1.62. The first-order valence-corrected chi connectivity index (χ1v) is 2.94. The van der Waals surface area contributed by atoms with E-state index in [0.717, 1.165) is 5.37 Å². The molecule has 52 valence electrons. The highest BCUT2D eigenvalue weighted by Gasteiger charge is 2.05. The van der Waals surface area contributed by atoms with Gasteiger partial charge in [-0.15, -0.1) is 0 Å². The summed E-state index contributed by atoms with van der Waals surface area (Å²) in [4.78, 5) is 10.4. The van der Waals surface area contributed by atoms with Crippen molar-refractivity contribution in [1.82, 2.24) is 0 Å². The maximum absolute atomic E-state index is 10.4. The molecule has 0 aliphatic rings. The molecule has 3 nitrogen and oxygen atoms in total. The molecule has 0 aromatic heterocycles. The van der Waals surface area contributed by atoms with E-state index >= 15 is 0 Å². The van der Waals surface area contributed by atoms with Crippen molar-refractivity contribution in [3.8, 4) is 0 Å². The summed E-state index contributed by atoms with van der Waals surface area (Å²) in [7, 11) is 0. The largest absolute Gasteiger partial charge is 0.394 e. The minimum absolute atomic E-state index is 0.0833. The average Bonchev–Trinajstić information content (AvgIpc) is 1.87. The standard InChI is InChI=1S/C5H8O3S/c6-2-4(7)1-5(8)3-9/h3-4,6-7H,1-2H2. The summed E-state index contributed by atoms with van der Waals surface area (Å²) in [6, 6.07) is 0. The molecule has 0 amide bonds. The Morgan fingerprint density at radius 3 is 2.67 bits per heavy atom. The molecule has 0 radical (unpaired) electrons. The van der Waals surface area contributed by atoms with E-state index in [1.807, 2.05) is 0 Å². The van der Waals surface area contributed by atoms with Gasteiger partial charge in [-0.25, -0.2) is 0 Å². The van der Waals surface area contributed by atoms with Gasteiger partial charge in [0, 0.05) is 11.8 Å². The van der Waals surface area contributed by atoms with Crippen molar-refractivity contribution < 1.29 is 15.0 Å². The summed E-state index contributed by atoms with van der Waals surface area (Å²) in [5, 5.41) is 17.8. The molecule has 0 aromatic carbocycles. The zero-order valence-electron chi connectivity index (χ0n) is 4.78. The van der Waals surface area contributed by atoms with Gasteiger partial charge in [0.25, 0.3) is 0 Å². The van der Waals surface area contributed by atoms with Crippen molar-refractivity contribution >= 4 is 23.4 Å². The van der Waals surface area contributed by atoms with Crippen molar-refractivity contribution in [2.45, 2.75) is 12.5 Å². The van der Waals surface area contributed by atoms with Gasteiger partial charge in [0.05, 0.1) is 12.7 Å². The molecule has 0 rings (SSSR count). The highest BCUT2D eigenvalue weighted by molar-refractivity contribution is 7.80. The van der Waals surface area contributed by atoms with E-state index in [4.69, 9.17) is 10.2 Å². The van der Waals surface area contributed by atoms with Crippen LogP contribution in [0.1, 0.15) is 6.42 Å². The number of hydrogen-bond acceptors (Lipinski definition) is 4. The van der Waals surface area contributed by atoms with Crippen LogP contribution >= 0.6 is 12.2 Å². The molecule has 1 unspecified atom stereocenters. The molecule has 0 heterocycles. The summed E-state index contributed by atoms with van der Waals surface area (Å²) in [6.07, 6.45) is -1.04. The number of ketones is 1. The van der Waals surface area contributed by atoms with Gasteiger partial charge < -0.3 is 10.2 Å². The Morgan fingerprint density at radius 2 is 2.33 bits per heavy atom. The number of aliphatic hydroxyl groups is 2. The smallest absolute Gasteiger partial charge is 0.169 e. The molecule has 0 aliphatic carbocycles. The molecule has 0 aliphatic heterocycles. The molecule has 1 atom stereocenters. The predicted octanol–water partition coefficient (Wildman–Crippen LogP) is -0.702. The first kappa shape index (κ1) is 8.68. The summed E-state index contributed by atoms with van der Waals surface area (Å²) in [5.41, 5.74) is 0. The van der Waals surface area contributed by atoms with Crippen LogP contribution in [0.4, 0.5) is 0 Å². The molecule has 0 spiro atoms. The van der Waals surface area contributed by atoms with Gasteiger partial charge in [0.15, 0.2) is 5.78 Å². The Morgan fingerprint density at radius 1 is 1.78 bits per heavy atom. The zero-order valence-corrected chi connectivity index (χ0v) is 5.60. The number of hydrogen-bond donors (Lipinski definition) is 2. The van der Waals surface area contributed by atoms with Crippen LogP contribution in [0.25, 0.3) is 0 Å². The first-order chi connectivity index (χ1) is 4.20. The fourth-order valence-corrected chi connectivity index (χ4v) is 0.441. The van der Waals surface area contributed by atoms with E-state index in [0.29, 0.717) is 0 Å². The van der Waals surface area contributed by atoms with Crippen molar-refractivity contribution in [1.29, 1.82) is 0 Å². The van der Waals surface area contributed by atoms with Crippen molar-refractivity contribution in [3.05, 3.63) is 0 Å². The van der Waals surface area contributed by atoms with Gasteiger partial charge in [-0.2, -0.15) is 0 Å². The fraction of sp³-hybridized carbons (Fsp3) is 0.600. The number of rotatable bonds is 4. The van der Waals surface area contributed by atoms with E-state index in [1.165, 1.54) is 0 Å². The van der Waals surface area contributed by atoms with E-state index in [9.17, 15) is 4.79 Å². The van der Waals surface area contributed by atoms with Crippen LogP contribution in [0.5, 0.6) is 0 Å². The Hall–Kier alpha value is -0.320. The second kappa shape index (κ2) is 4.55. The number of carbonyl (C=O) groups excluding carboxylic acids is 1. The van der Waals surface area contributed by atoms with Crippen molar-refractivity contribution in [3.63, 3.8) is 0 Å². The SMILES string of the molecule is O=C(C=S)CC(O)CO. The van der Waals surface area contributed by atoms with Crippen LogP contribution in [-0.4, -0.2) is 34.1 Å². The Bertz CT molecular complexity index is 113. The van der Waals surface area contributed by atoms with Crippen LogP contribution in [0.2, 0.25) is 0 Å². The number of Topliss-reactive ketones (excluding diaryl/α,β-unsaturated/α-hetero) is 1. The molecule has 0 fully saturated rings. The molecular formula is C5H8O3S. The molecular weight excluding hydrogens is 140 g/mol. The highest BCUT2D eigenvalue weighted by atomic mass is 32.1. The van der Waals surface area contributed by atoms with Crippen molar-refractivity contribution in [2.24, 2.45) is 0 Å². The third kappa shape index (κ3) is 4.20. The fourth-order valence-electron chi connectivity index (χ4n) is 0.345. The zero-order chi connectivity index (χ0) is 7.28. The quantitative estimate of drug-likeness (QED) is 0.517. The number of aliphatic hydroxyl groups excluding tert-OH is 2. The van der Waals surface area contributed by atoms with Gasteiger partial charge in [0.2, 0.25) is 0 Å². The lowest BCUT2D eigenvalue weighted by Gasteiger charge is -2.00. The summed E-state index contributed by atoms with van der Waals surface area (Å²) in [6.45, 7) is -0.394. The molecule has 0 saturated heterocycles. The third-order valence-corrected chi connectivity index (χ3v) is 1.04. The van der Waals surface area contributed by atoms with Crippen molar-refractivity contribution in [2.75, 3.05) is 6.61 Å². The average molecular weight is 148 g/mol. The highest BCUT2D eigenvalue weighted by Crippen LogP contribution is 1.88. The first-order valence-electron chi connectivity index (χ1n) is 2.47. The van der Waals surface area contributed by atoms with E-state index in [-0.39, 0.29) is 12.2 Å². The minimum atomic E-state index is -0.961. The second-order valence-corrected chi connectivity index (χ2v) is 1.86. The molecule has 9 heavy (non-hydrogen) atoms. The van der Waals surface area contributed by atoms with E-state index < -0.39 is 12.7 Å². The van der Waals surface area contributed by atoms with Crippen LogP contribution in [0, 0.1) is 0 Å². The number of carbonyl (C=O) groups is 1. The monoisotopic (exact) mass is 148 g/mol. The normalized spacial score (nSPS) is 12.7. The number of thiocarbonyl (C=S) groups is 1. The topological polar surface area (TPSA) is 57.5 Å². The van der Waals surface area contributed by atoms with Crippen LogP contribution in [0.3, 0.4) is 0 Å². The van der Waals surface area contributed by atoms with E-state index in [2.05, 4.69) is 12.2 Å². The maximum Gasteiger partial charge on any atom is 0.169 e. The lowest BCUT2D eigenvalue weighted by atomic mass is 10.2. The van der Waals surface area contributed by atoms with Gasteiger partial charge in [-0.05, 0) is 0 Å². The minimum Gasteiger partial charge on any atom is -0.394 e. The molecule has 2 N–H and O–H groups in total. The van der Waals surface area contributed by atoms with Crippen LogP contribution in [0.15, 0.2) is 0 Å². The summed E-state index contributed by atoms with van der Waals surface area (Å²) >= 11 is 4.27. The summed E-state index contributed by atoms with van der Waals surface area (Å²) in [5.74, 6) is -0.327. The summed E-state index contributed by atoms with van der Waals surface area (Å²) < 4.78 is 0. The lowest BCUT2D eigenvalue weighted by Crippen LogP contribution is -2.17. The van der Waals surface area contributed by atoms with Gasteiger partial charge in [-0.1, -0.05) is 12.2 Å². The predicted molar refractivity (Wildman–Crippen MR) is 36.4 cm³/mol. The van der Waals surface area contributed by atoms with Gasteiger partial charge in [0.1, 0.15) is 0 Å². The Balaban J connectivity index is 3.46. The molecule has 0 saturated carbocycles. The maximum atomic E-state index is 10.4. The Kier molecular flexibility index (Phi) is 4.39. The molecule has 0 bridgehead atoms. The van der Waals surface area contributed by atoms with Gasteiger partial charge >= 0.3 is 0 Å². The molecule has 4 heteroatoms. The van der Waals surface area contributed by atoms with Gasteiger partial charge in [-0.3, -0.25) is 4.79 Å². The van der Waals surface area contributed by atoms with E-state index in [1.54, 1.807) is 0 Å². The third-order valence-electron chi connectivity index (χ3n) is 0.779. The molecule has 0 aromatic rings.